The lowest BCUT2D eigenvalue weighted by Gasteiger charge is -2.16. The molecular weight excluding hydrogens is 205 g/mol. The quantitative estimate of drug-likeness (QED) is 0.765. The van der Waals surface area contributed by atoms with Gasteiger partial charge in [0, 0.05) is 13.1 Å². The van der Waals surface area contributed by atoms with Crippen molar-refractivity contribution in [1.29, 1.82) is 0 Å². The highest BCUT2D eigenvalue weighted by Crippen LogP contribution is 2.27. The van der Waals surface area contributed by atoms with E-state index in [0.29, 0.717) is 6.04 Å². The molecule has 1 aliphatic rings. The van der Waals surface area contributed by atoms with Crippen molar-refractivity contribution in [1.82, 2.24) is 4.90 Å². The summed E-state index contributed by atoms with van der Waals surface area (Å²) < 4.78 is 13.5. The fraction of sp³-hybridized carbons (Fsp3) is 0.308. The second-order valence-electron chi connectivity index (χ2n) is 4.09. The van der Waals surface area contributed by atoms with Crippen LogP contribution in [0, 0.1) is 5.82 Å². The number of rotatable bonds is 3. The first-order chi connectivity index (χ1) is 7.63. The molecule has 1 saturated carbocycles. The molecule has 0 atom stereocenters. The number of benzene rings is 1. The summed E-state index contributed by atoms with van der Waals surface area (Å²) >= 11 is 0. The summed E-state index contributed by atoms with van der Waals surface area (Å²) in [4.78, 5) is 13.6. The average Bonchev–Trinajstić information content (AvgIpc) is 3.12. The van der Waals surface area contributed by atoms with Crippen molar-refractivity contribution in [3.63, 3.8) is 0 Å². The van der Waals surface area contributed by atoms with E-state index in [0.717, 1.165) is 18.4 Å². The first-order valence-corrected chi connectivity index (χ1v) is 5.32. The van der Waals surface area contributed by atoms with Crippen LogP contribution in [0.4, 0.5) is 4.39 Å². The molecule has 0 aliphatic heterocycles. The number of halogens is 1. The van der Waals surface area contributed by atoms with Crippen LogP contribution in [0.25, 0.3) is 6.08 Å². The minimum absolute atomic E-state index is 0.131. The topological polar surface area (TPSA) is 20.3 Å². The molecule has 0 bridgehead atoms. The van der Waals surface area contributed by atoms with E-state index >= 15 is 0 Å². The van der Waals surface area contributed by atoms with Gasteiger partial charge in [0.25, 0.3) is 5.91 Å². The van der Waals surface area contributed by atoms with Gasteiger partial charge in [0.15, 0.2) is 0 Å². The predicted octanol–water partition coefficient (Wildman–Crippen LogP) is 2.70. The standard InChI is InChI=1S/C13H14FNO/c1-3-9-4-7-12(14)11(8-9)13(16)15(2)10-5-6-10/h3-4,7-8,10H,1,5-6H2,2H3. The lowest BCUT2D eigenvalue weighted by molar-refractivity contribution is 0.0780. The summed E-state index contributed by atoms with van der Waals surface area (Å²) in [6.07, 6.45) is 3.64. The van der Waals surface area contributed by atoms with Crippen LogP contribution in [0.5, 0.6) is 0 Å². The molecule has 0 aromatic heterocycles. The smallest absolute Gasteiger partial charge is 0.256 e. The summed E-state index contributed by atoms with van der Waals surface area (Å²) in [5.41, 5.74) is 0.890. The molecule has 0 radical (unpaired) electrons. The summed E-state index contributed by atoms with van der Waals surface area (Å²) in [7, 11) is 1.72. The van der Waals surface area contributed by atoms with Crippen LogP contribution in [0.3, 0.4) is 0 Å². The molecule has 0 unspecified atom stereocenters. The highest BCUT2D eigenvalue weighted by Gasteiger charge is 2.31. The van der Waals surface area contributed by atoms with Gasteiger partial charge in [0.05, 0.1) is 5.56 Å². The van der Waals surface area contributed by atoms with Gasteiger partial charge in [-0.05, 0) is 30.5 Å². The maximum atomic E-state index is 13.5. The van der Waals surface area contributed by atoms with E-state index in [1.807, 2.05) is 0 Å². The Morgan fingerprint density at radius 1 is 1.56 bits per heavy atom. The van der Waals surface area contributed by atoms with Gasteiger partial charge in [-0.3, -0.25) is 4.79 Å². The van der Waals surface area contributed by atoms with E-state index in [2.05, 4.69) is 6.58 Å². The van der Waals surface area contributed by atoms with E-state index in [9.17, 15) is 9.18 Å². The van der Waals surface area contributed by atoms with Crippen molar-refractivity contribution in [2.45, 2.75) is 18.9 Å². The van der Waals surface area contributed by atoms with Crippen molar-refractivity contribution in [2.75, 3.05) is 7.05 Å². The van der Waals surface area contributed by atoms with Crippen molar-refractivity contribution in [2.24, 2.45) is 0 Å². The van der Waals surface area contributed by atoms with Crippen LogP contribution in [0.2, 0.25) is 0 Å². The van der Waals surface area contributed by atoms with Crippen molar-refractivity contribution in [3.05, 3.63) is 41.7 Å². The Balaban J connectivity index is 2.30. The number of amides is 1. The fourth-order valence-electron chi connectivity index (χ4n) is 1.65. The maximum absolute atomic E-state index is 13.5. The SMILES string of the molecule is C=Cc1ccc(F)c(C(=O)N(C)C2CC2)c1. The third-order valence-corrected chi connectivity index (χ3v) is 2.87. The molecule has 0 N–H and O–H groups in total. The fourth-order valence-corrected chi connectivity index (χ4v) is 1.65. The van der Waals surface area contributed by atoms with Gasteiger partial charge in [-0.15, -0.1) is 0 Å². The third-order valence-electron chi connectivity index (χ3n) is 2.87. The molecule has 0 heterocycles. The van der Waals surface area contributed by atoms with Crippen molar-refractivity contribution >= 4 is 12.0 Å². The molecule has 0 saturated heterocycles. The molecular formula is C13H14FNO. The van der Waals surface area contributed by atoms with Crippen LogP contribution in [0.1, 0.15) is 28.8 Å². The summed E-state index contributed by atoms with van der Waals surface area (Å²) in [6, 6.07) is 4.75. The molecule has 2 rings (SSSR count). The van der Waals surface area contributed by atoms with E-state index in [4.69, 9.17) is 0 Å². The molecule has 3 heteroatoms. The average molecular weight is 219 g/mol. The Morgan fingerprint density at radius 2 is 2.25 bits per heavy atom. The predicted molar refractivity (Wildman–Crippen MR) is 61.6 cm³/mol. The molecule has 1 fully saturated rings. The van der Waals surface area contributed by atoms with E-state index < -0.39 is 5.82 Å². The molecule has 1 aromatic carbocycles. The van der Waals surface area contributed by atoms with Crippen LogP contribution in [0.15, 0.2) is 24.8 Å². The summed E-state index contributed by atoms with van der Waals surface area (Å²) in [5, 5.41) is 0. The van der Waals surface area contributed by atoms with E-state index in [1.54, 1.807) is 30.2 Å². The zero-order chi connectivity index (χ0) is 11.7. The first-order valence-electron chi connectivity index (χ1n) is 5.32. The lowest BCUT2D eigenvalue weighted by Crippen LogP contribution is -2.29. The first kappa shape index (κ1) is 10.9. The van der Waals surface area contributed by atoms with Crippen LogP contribution >= 0.6 is 0 Å². The van der Waals surface area contributed by atoms with Crippen molar-refractivity contribution < 1.29 is 9.18 Å². The molecule has 1 aromatic rings. The maximum Gasteiger partial charge on any atom is 0.256 e. The zero-order valence-electron chi connectivity index (χ0n) is 9.24. The normalized spacial score (nSPS) is 14.6. The van der Waals surface area contributed by atoms with Gasteiger partial charge in [-0.1, -0.05) is 18.7 Å². The molecule has 0 spiro atoms. The lowest BCUT2D eigenvalue weighted by atomic mass is 10.1. The van der Waals surface area contributed by atoms with Gasteiger partial charge < -0.3 is 4.90 Å². The minimum atomic E-state index is -0.469. The highest BCUT2D eigenvalue weighted by atomic mass is 19.1. The van der Waals surface area contributed by atoms with E-state index in [1.165, 1.54) is 6.07 Å². The Morgan fingerprint density at radius 3 is 2.81 bits per heavy atom. The minimum Gasteiger partial charge on any atom is -0.339 e. The third kappa shape index (κ3) is 1.98. The summed E-state index contributed by atoms with van der Waals surface area (Å²) in [6.45, 7) is 3.61. The Bertz CT molecular complexity index is 438. The second-order valence-corrected chi connectivity index (χ2v) is 4.09. The monoisotopic (exact) mass is 219 g/mol. The molecule has 1 aliphatic carbocycles. The molecule has 2 nitrogen and oxygen atoms in total. The summed E-state index contributed by atoms with van der Waals surface area (Å²) in [5.74, 6) is -0.716. The number of hydrogen-bond donors (Lipinski definition) is 0. The van der Waals surface area contributed by atoms with Crippen LogP contribution in [-0.2, 0) is 0 Å². The zero-order valence-corrected chi connectivity index (χ0v) is 9.24. The number of nitrogens with zero attached hydrogens (tertiary/aromatic N) is 1. The van der Waals surface area contributed by atoms with Gasteiger partial charge in [-0.25, -0.2) is 4.39 Å². The van der Waals surface area contributed by atoms with Crippen molar-refractivity contribution in [3.8, 4) is 0 Å². The molecule has 84 valence electrons. The van der Waals surface area contributed by atoms with Crippen LogP contribution < -0.4 is 0 Å². The van der Waals surface area contributed by atoms with Crippen LogP contribution in [-0.4, -0.2) is 23.9 Å². The highest BCUT2D eigenvalue weighted by molar-refractivity contribution is 5.95. The van der Waals surface area contributed by atoms with Gasteiger partial charge in [0.2, 0.25) is 0 Å². The Hall–Kier alpha value is -1.64. The number of hydrogen-bond acceptors (Lipinski definition) is 1. The second kappa shape index (κ2) is 4.08. The Kier molecular flexibility index (Phi) is 2.77. The van der Waals surface area contributed by atoms with Gasteiger partial charge >= 0.3 is 0 Å². The largest absolute Gasteiger partial charge is 0.339 e. The van der Waals surface area contributed by atoms with Gasteiger partial charge in [0.1, 0.15) is 5.82 Å². The molecule has 1 amide bonds. The Labute approximate surface area is 94.4 Å². The number of carbonyl (C=O) groups is 1. The number of carbonyl (C=O) groups excluding carboxylic acids is 1. The molecule has 16 heavy (non-hydrogen) atoms. The van der Waals surface area contributed by atoms with Gasteiger partial charge in [-0.2, -0.15) is 0 Å². The van der Waals surface area contributed by atoms with E-state index in [-0.39, 0.29) is 11.5 Å².